The molecule has 152 valence electrons. The largest absolute Gasteiger partial charge is 0.481 e. The van der Waals surface area contributed by atoms with Gasteiger partial charge < -0.3 is 26.2 Å². The zero-order valence-corrected chi connectivity index (χ0v) is 15.8. The van der Waals surface area contributed by atoms with E-state index in [9.17, 15) is 24.6 Å². The van der Waals surface area contributed by atoms with Crippen LogP contribution in [0.5, 0.6) is 0 Å². The van der Waals surface area contributed by atoms with Crippen LogP contribution in [0.4, 0.5) is 5.69 Å². The number of fused-ring (bicyclic) bond motifs is 1. The molecule has 0 fully saturated rings. The zero-order valence-electron chi connectivity index (χ0n) is 15.8. The van der Waals surface area contributed by atoms with Crippen molar-refractivity contribution < 1.29 is 34.8 Å². The maximum absolute atomic E-state index is 10.5. The van der Waals surface area contributed by atoms with Crippen LogP contribution in [0.25, 0.3) is 10.9 Å². The lowest BCUT2D eigenvalue weighted by atomic mass is 9.94. The molecule has 0 aliphatic carbocycles. The van der Waals surface area contributed by atoms with Crippen molar-refractivity contribution >= 4 is 34.3 Å². The van der Waals surface area contributed by atoms with E-state index >= 15 is 0 Å². The van der Waals surface area contributed by atoms with E-state index in [1.165, 1.54) is 0 Å². The van der Waals surface area contributed by atoms with E-state index < -0.39 is 41.8 Å². The molecule has 9 heteroatoms. The standard InChI is InChI=1S/C12H14N2O.C7H10O6/c1-12(2,15)11-9(13)7-8-5-3-4-6-10(8)14-11;1-4(8)2-7(13,6(11)12)3-5(9)10/h3-7,15H,13H2,1-2H3;13H,2-3H2,1H3,(H,9,10)(H,11,12). The van der Waals surface area contributed by atoms with Crippen molar-refractivity contribution in [1.82, 2.24) is 4.98 Å². The highest BCUT2D eigenvalue weighted by atomic mass is 16.4. The van der Waals surface area contributed by atoms with Crippen molar-refractivity contribution in [2.75, 3.05) is 5.73 Å². The number of aliphatic carboxylic acids is 2. The molecule has 0 bridgehead atoms. The number of anilines is 1. The van der Waals surface area contributed by atoms with E-state index in [0.717, 1.165) is 17.8 Å². The maximum atomic E-state index is 10.5. The predicted octanol–water partition coefficient (Wildman–Crippen LogP) is 1.30. The number of rotatable bonds is 6. The maximum Gasteiger partial charge on any atom is 0.336 e. The van der Waals surface area contributed by atoms with Gasteiger partial charge in [0.2, 0.25) is 0 Å². The van der Waals surface area contributed by atoms with Crippen molar-refractivity contribution in [3.05, 3.63) is 36.0 Å². The Labute approximate surface area is 161 Å². The smallest absolute Gasteiger partial charge is 0.336 e. The molecule has 1 aromatic heterocycles. The van der Waals surface area contributed by atoms with Gasteiger partial charge in [0, 0.05) is 11.8 Å². The molecule has 1 atom stereocenters. The number of pyridine rings is 1. The highest BCUT2D eigenvalue weighted by Crippen LogP contribution is 2.26. The number of aliphatic hydroxyl groups is 2. The molecular formula is C19H24N2O7. The molecule has 0 aliphatic heterocycles. The van der Waals surface area contributed by atoms with Crippen molar-refractivity contribution in [1.29, 1.82) is 0 Å². The van der Waals surface area contributed by atoms with Gasteiger partial charge in [0.1, 0.15) is 11.4 Å². The average Bonchev–Trinajstić information content (AvgIpc) is 2.52. The van der Waals surface area contributed by atoms with E-state index in [2.05, 4.69) is 4.98 Å². The number of benzene rings is 1. The van der Waals surface area contributed by atoms with Crippen LogP contribution in [0, 0.1) is 0 Å². The highest BCUT2D eigenvalue weighted by molar-refractivity contribution is 5.90. The van der Waals surface area contributed by atoms with Crippen LogP contribution in [0.15, 0.2) is 30.3 Å². The summed E-state index contributed by atoms with van der Waals surface area (Å²) in [6, 6.07) is 9.55. The SMILES string of the molecule is CC(=O)CC(O)(CC(=O)O)C(=O)O.CC(C)(O)c1nc2ccccc2cc1N. The number of Topliss-reactive ketones (excluding diaryl/α,β-unsaturated/α-hetero) is 1. The number of nitrogens with two attached hydrogens (primary N) is 1. The Balaban J connectivity index is 0.000000284. The number of para-hydroxylation sites is 1. The van der Waals surface area contributed by atoms with Gasteiger partial charge in [-0.3, -0.25) is 9.59 Å². The summed E-state index contributed by atoms with van der Waals surface area (Å²) in [5.74, 6) is -3.75. The number of hydrogen-bond acceptors (Lipinski definition) is 7. The molecule has 6 N–H and O–H groups in total. The van der Waals surface area contributed by atoms with Crippen molar-refractivity contribution in [2.45, 2.75) is 44.8 Å². The summed E-state index contributed by atoms with van der Waals surface area (Å²) in [7, 11) is 0. The van der Waals surface area contributed by atoms with Crippen LogP contribution in [-0.2, 0) is 20.0 Å². The number of carbonyl (C=O) groups is 3. The molecule has 2 aromatic rings. The topological polar surface area (TPSA) is 171 Å². The van der Waals surface area contributed by atoms with E-state index in [1.807, 2.05) is 30.3 Å². The van der Waals surface area contributed by atoms with Gasteiger partial charge in [-0.2, -0.15) is 0 Å². The molecule has 0 spiro atoms. The van der Waals surface area contributed by atoms with Gasteiger partial charge >= 0.3 is 11.9 Å². The second kappa shape index (κ2) is 8.77. The number of carbonyl (C=O) groups excluding carboxylic acids is 1. The molecule has 2 rings (SSSR count). The van der Waals surface area contributed by atoms with Crippen LogP contribution >= 0.6 is 0 Å². The van der Waals surface area contributed by atoms with Crippen LogP contribution in [0.1, 0.15) is 39.3 Å². The number of nitrogen functional groups attached to an aromatic ring is 1. The van der Waals surface area contributed by atoms with Crippen LogP contribution in [-0.4, -0.2) is 48.7 Å². The van der Waals surface area contributed by atoms with Crippen molar-refractivity contribution in [2.24, 2.45) is 0 Å². The first kappa shape index (κ1) is 23.0. The predicted molar refractivity (Wildman–Crippen MR) is 102 cm³/mol. The molecular weight excluding hydrogens is 368 g/mol. The van der Waals surface area contributed by atoms with E-state index in [4.69, 9.17) is 15.9 Å². The number of nitrogens with zero attached hydrogens (tertiary/aromatic N) is 1. The molecule has 1 unspecified atom stereocenters. The number of hydrogen-bond donors (Lipinski definition) is 5. The summed E-state index contributed by atoms with van der Waals surface area (Å²) in [6.07, 6.45) is -1.68. The van der Waals surface area contributed by atoms with Gasteiger partial charge in [-0.1, -0.05) is 18.2 Å². The normalized spacial score (nSPS) is 13.2. The van der Waals surface area contributed by atoms with Gasteiger partial charge in [-0.15, -0.1) is 0 Å². The third-order valence-electron chi connectivity index (χ3n) is 3.72. The molecule has 1 heterocycles. The van der Waals surface area contributed by atoms with Crippen LogP contribution in [0.3, 0.4) is 0 Å². The Kier molecular flexibility index (Phi) is 7.20. The van der Waals surface area contributed by atoms with E-state index in [0.29, 0.717) is 11.4 Å². The van der Waals surface area contributed by atoms with E-state index in [-0.39, 0.29) is 0 Å². The molecule has 0 aliphatic rings. The number of carboxylic acids is 2. The second-order valence-electron chi connectivity index (χ2n) is 6.96. The number of carboxylic acid groups (broad SMARTS) is 2. The molecule has 28 heavy (non-hydrogen) atoms. The fourth-order valence-electron chi connectivity index (χ4n) is 2.50. The molecule has 9 nitrogen and oxygen atoms in total. The monoisotopic (exact) mass is 392 g/mol. The van der Waals surface area contributed by atoms with Crippen molar-refractivity contribution in [3.63, 3.8) is 0 Å². The lowest BCUT2D eigenvalue weighted by Crippen LogP contribution is -2.42. The minimum Gasteiger partial charge on any atom is -0.481 e. The summed E-state index contributed by atoms with van der Waals surface area (Å²) in [5.41, 5.74) is 4.26. The molecule has 0 saturated heterocycles. The first-order chi connectivity index (χ1) is 12.8. The molecule has 0 saturated carbocycles. The van der Waals surface area contributed by atoms with Gasteiger partial charge in [0.25, 0.3) is 0 Å². The average molecular weight is 392 g/mol. The lowest BCUT2D eigenvalue weighted by molar-refractivity contribution is -0.167. The Bertz CT molecular complexity index is 871. The Morgan fingerprint density at radius 3 is 2.11 bits per heavy atom. The number of aromatic nitrogens is 1. The summed E-state index contributed by atoms with van der Waals surface area (Å²) in [6.45, 7) is 4.44. The second-order valence-corrected chi connectivity index (χ2v) is 6.96. The van der Waals surface area contributed by atoms with Crippen molar-refractivity contribution in [3.8, 4) is 0 Å². The first-order valence-electron chi connectivity index (χ1n) is 8.31. The minimum atomic E-state index is -2.49. The quantitative estimate of drug-likeness (QED) is 0.486. The molecule has 1 aromatic carbocycles. The first-order valence-corrected chi connectivity index (χ1v) is 8.31. The lowest BCUT2D eigenvalue weighted by Gasteiger charge is -2.19. The van der Waals surface area contributed by atoms with Gasteiger partial charge in [0.15, 0.2) is 5.60 Å². The summed E-state index contributed by atoms with van der Waals surface area (Å²) >= 11 is 0. The third kappa shape index (κ3) is 6.29. The van der Waals surface area contributed by atoms with Crippen LogP contribution in [0.2, 0.25) is 0 Å². The van der Waals surface area contributed by atoms with Crippen LogP contribution < -0.4 is 5.73 Å². The van der Waals surface area contributed by atoms with Gasteiger partial charge in [-0.05, 0) is 32.9 Å². The van der Waals surface area contributed by atoms with Gasteiger partial charge in [0.05, 0.1) is 23.3 Å². The summed E-state index contributed by atoms with van der Waals surface area (Å²) in [5, 5.41) is 36.8. The fraction of sp³-hybridized carbons (Fsp3) is 0.368. The fourth-order valence-corrected chi connectivity index (χ4v) is 2.50. The summed E-state index contributed by atoms with van der Waals surface area (Å²) in [4.78, 5) is 35.5. The zero-order chi connectivity index (χ0) is 21.7. The minimum absolute atomic E-state index is 0.529. The summed E-state index contributed by atoms with van der Waals surface area (Å²) < 4.78 is 0. The highest BCUT2D eigenvalue weighted by Gasteiger charge is 2.39. The Morgan fingerprint density at radius 1 is 1.07 bits per heavy atom. The molecule has 0 amide bonds. The van der Waals surface area contributed by atoms with E-state index in [1.54, 1.807) is 13.8 Å². The molecule has 0 radical (unpaired) electrons. The Hall–Kier alpha value is -3.04. The van der Waals surface area contributed by atoms with Gasteiger partial charge in [-0.25, -0.2) is 9.78 Å². The third-order valence-corrected chi connectivity index (χ3v) is 3.72. The number of ketones is 1. The Morgan fingerprint density at radius 2 is 1.64 bits per heavy atom.